The lowest BCUT2D eigenvalue weighted by molar-refractivity contribution is 0.841. The second-order valence-electron chi connectivity index (χ2n) is 2.61. The SMILES string of the molecule is C=Cn1cc(-c2nccn2C=C)nn1. The van der Waals surface area contributed by atoms with Crippen molar-refractivity contribution in [1.29, 1.82) is 0 Å². The van der Waals surface area contributed by atoms with Crippen molar-refractivity contribution >= 4 is 12.4 Å². The van der Waals surface area contributed by atoms with Crippen LogP contribution in [-0.2, 0) is 0 Å². The minimum absolute atomic E-state index is 0.690. The molecule has 5 heteroatoms. The van der Waals surface area contributed by atoms with E-state index in [-0.39, 0.29) is 0 Å². The van der Waals surface area contributed by atoms with E-state index in [9.17, 15) is 0 Å². The zero-order chi connectivity index (χ0) is 9.97. The molecule has 2 rings (SSSR count). The van der Waals surface area contributed by atoms with Crippen molar-refractivity contribution in [2.45, 2.75) is 0 Å². The van der Waals surface area contributed by atoms with Crippen molar-refractivity contribution in [3.8, 4) is 11.5 Å². The summed E-state index contributed by atoms with van der Waals surface area (Å²) in [6, 6.07) is 0. The van der Waals surface area contributed by atoms with Crippen molar-refractivity contribution in [2.24, 2.45) is 0 Å². The predicted molar refractivity (Wildman–Crippen MR) is 54.0 cm³/mol. The number of nitrogens with zero attached hydrogens (tertiary/aromatic N) is 5. The summed E-state index contributed by atoms with van der Waals surface area (Å²) in [6.45, 7) is 7.25. The number of aromatic nitrogens is 5. The molecule has 14 heavy (non-hydrogen) atoms. The summed E-state index contributed by atoms with van der Waals surface area (Å²) >= 11 is 0. The number of imidazole rings is 1. The third kappa shape index (κ3) is 1.24. The lowest BCUT2D eigenvalue weighted by Gasteiger charge is -1.95. The Labute approximate surface area is 81.0 Å². The minimum Gasteiger partial charge on any atom is -0.306 e. The number of hydrogen-bond donors (Lipinski definition) is 0. The monoisotopic (exact) mass is 187 g/mol. The molecule has 70 valence electrons. The highest BCUT2D eigenvalue weighted by molar-refractivity contribution is 5.52. The molecule has 0 atom stereocenters. The number of hydrogen-bond acceptors (Lipinski definition) is 3. The van der Waals surface area contributed by atoms with E-state index in [0.717, 1.165) is 0 Å². The van der Waals surface area contributed by atoms with Gasteiger partial charge in [-0.2, -0.15) is 0 Å². The Morgan fingerprint density at radius 1 is 1.29 bits per heavy atom. The molecule has 0 amide bonds. The summed E-state index contributed by atoms with van der Waals surface area (Å²) in [5.41, 5.74) is 0.690. The maximum atomic E-state index is 4.15. The Hall–Kier alpha value is -2.17. The molecule has 0 aliphatic rings. The van der Waals surface area contributed by atoms with E-state index in [1.54, 1.807) is 35.6 Å². The van der Waals surface area contributed by atoms with Gasteiger partial charge in [0.15, 0.2) is 5.82 Å². The van der Waals surface area contributed by atoms with E-state index in [1.807, 2.05) is 0 Å². The summed E-state index contributed by atoms with van der Waals surface area (Å²) in [6.07, 6.45) is 8.46. The first-order valence-electron chi connectivity index (χ1n) is 4.05. The molecule has 0 unspecified atom stereocenters. The van der Waals surface area contributed by atoms with Crippen LogP contribution in [0.1, 0.15) is 0 Å². The van der Waals surface area contributed by atoms with Gasteiger partial charge in [0.1, 0.15) is 5.69 Å². The highest BCUT2D eigenvalue weighted by Crippen LogP contribution is 2.13. The molecule has 0 spiro atoms. The van der Waals surface area contributed by atoms with Crippen molar-refractivity contribution in [2.75, 3.05) is 0 Å². The van der Waals surface area contributed by atoms with E-state index in [0.29, 0.717) is 11.5 Å². The van der Waals surface area contributed by atoms with E-state index < -0.39 is 0 Å². The molecule has 0 saturated heterocycles. The van der Waals surface area contributed by atoms with Crippen molar-refractivity contribution in [1.82, 2.24) is 24.5 Å². The Morgan fingerprint density at radius 3 is 2.79 bits per heavy atom. The van der Waals surface area contributed by atoms with Crippen LogP contribution in [0.4, 0.5) is 0 Å². The largest absolute Gasteiger partial charge is 0.306 e. The first-order valence-corrected chi connectivity index (χ1v) is 4.05. The van der Waals surface area contributed by atoms with Crippen LogP contribution in [0.15, 0.2) is 31.7 Å². The quantitative estimate of drug-likeness (QED) is 0.728. The first-order chi connectivity index (χ1) is 6.85. The molecule has 0 bridgehead atoms. The van der Waals surface area contributed by atoms with Crippen LogP contribution in [0, 0.1) is 0 Å². The summed E-state index contributed by atoms with van der Waals surface area (Å²) in [4.78, 5) is 4.15. The lowest BCUT2D eigenvalue weighted by atomic mass is 10.4. The summed E-state index contributed by atoms with van der Waals surface area (Å²) in [5, 5.41) is 7.78. The van der Waals surface area contributed by atoms with Crippen LogP contribution >= 0.6 is 0 Å². The van der Waals surface area contributed by atoms with Crippen LogP contribution in [0.2, 0.25) is 0 Å². The van der Waals surface area contributed by atoms with Crippen LogP contribution in [0.5, 0.6) is 0 Å². The zero-order valence-corrected chi connectivity index (χ0v) is 7.54. The second-order valence-corrected chi connectivity index (χ2v) is 2.61. The Bertz CT molecular complexity index is 465. The summed E-state index contributed by atoms with van der Waals surface area (Å²) in [5.74, 6) is 0.716. The van der Waals surface area contributed by atoms with Gasteiger partial charge in [0.2, 0.25) is 0 Å². The Morgan fingerprint density at radius 2 is 2.14 bits per heavy atom. The van der Waals surface area contributed by atoms with Gasteiger partial charge in [-0.25, -0.2) is 9.67 Å². The molecule has 0 aliphatic heterocycles. The maximum absolute atomic E-state index is 4.15. The zero-order valence-electron chi connectivity index (χ0n) is 7.54. The molecular formula is C9H9N5. The Balaban J connectivity index is 2.48. The number of rotatable bonds is 3. The van der Waals surface area contributed by atoms with Gasteiger partial charge in [0.05, 0.1) is 6.20 Å². The van der Waals surface area contributed by atoms with Crippen molar-refractivity contribution < 1.29 is 0 Å². The topological polar surface area (TPSA) is 48.5 Å². The van der Waals surface area contributed by atoms with Gasteiger partial charge >= 0.3 is 0 Å². The first kappa shape index (κ1) is 8.43. The normalized spacial score (nSPS) is 10.0. The smallest absolute Gasteiger partial charge is 0.166 e. The Kier molecular flexibility index (Phi) is 1.98. The molecule has 5 nitrogen and oxygen atoms in total. The minimum atomic E-state index is 0.690. The summed E-state index contributed by atoms with van der Waals surface area (Å²) in [7, 11) is 0. The third-order valence-electron chi connectivity index (χ3n) is 1.79. The fraction of sp³-hybridized carbons (Fsp3) is 0. The van der Waals surface area contributed by atoms with Gasteiger partial charge in [-0.15, -0.1) is 5.10 Å². The second kappa shape index (κ2) is 3.29. The summed E-state index contributed by atoms with van der Waals surface area (Å²) < 4.78 is 3.30. The van der Waals surface area contributed by atoms with Crippen LogP contribution in [0.25, 0.3) is 23.9 Å². The standard InChI is InChI=1S/C9H9N5/c1-3-13-6-5-10-9(13)8-7-14(4-2)12-11-8/h3-7H,1-2H2. The highest BCUT2D eigenvalue weighted by atomic mass is 15.4. The van der Waals surface area contributed by atoms with E-state index in [2.05, 4.69) is 28.5 Å². The molecule has 2 aromatic rings. The highest BCUT2D eigenvalue weighted by Gasteiger charge is 2.07. The third-order valence-corrected chi connectivity index (χ3v) is 1.79. The maximum Gasteiger partial charge on any atom is 0.166 e. The van der Waals surface area contributed by atoms with Gasteiger partial charge in [0.25, 0.3) is 0 Å². The average Bonchev–Trinajstić information content (AvgIpc) is 2.85. The molecule has 0 aliphatic carbocycles. The van der Waals surface area contributed by atoms with Gasteiger partial charge in [-0.3, -0.25) is 0 Å². The van der Waals surface area contributed by atoms with E-state index in [1.165, 1.54) is 4.68 Å². The molecule has 0 fully saturated rings. The fourth-order valence-corrected chi connectivity index (χ4v) is 1.13. The molecule has 0 radical (unpaired) electrons. The van der Waals surface area contributed by atoms with E-state index in [4.69, 9.17) is 0 Å². The van der Waals surface area contributed by atoms with E-state index >= 15 is 0 Å². The molecule has 2 heterocycles. The van der Waals surface area contributed by atoms with Crippen molar-refractivity contribution in [3.63, 3.8) is 0 Å². The average molecular weight is 187 g/mol. The van der Waals surface area contributed by atoms with Gasteiger partial charge in [-0.1, -0.05) is 18.4 Å². The molecule has 0 saturated carbocycles. The van der Waals surface area contributed by atoms with Crippen LogP contribution in [0.3, 0.4) is 0 Å². The molecule has 2 aromatic heterocycles. The predicted octanol–water partition coefficient (Wildman–Crippen LogP) is 1.34. The van der Waals surface area contributed by atoms with Crippen molar-refractivity contribution in [3.05, 3.63) is 31.7 Å². The van der Waals surface area contributed by atoms with Crippen LogP contribution in [-0.4, -0.2) is 24.5 Å². The molecular weight excluding hydrogens is 178 g/mol. The lowest BCUT2D eigenvalue weighted by Crippen LogP contribution is -1.89. The fourth-order valence-electron chi connectivity index (χ4n) is 1.13. The van der Waals surface area contributed by atoms with Gasteiger partial charge < -0.3 is 4.57 Å². The van der Waals surface area contributed by atoms with Crippen LogP contribution < -0.4 is 0 Å². The van der Waals surface area contributed by atoms with Gasteiger partial charge in [0, 0.05) is 24.8 Å². The van der Waals surface area contributed by atoms with Gasteiger partial charge in [-0.05, 0) is 0 Å². The molecule has 0 N–H and O–H groups in total. The molecule has 0 aromatic carbocycles.